The first-order valence-corrected chi connectivity index (χ1v) is 9.12. The van der Waals surface area contributed by atoms with Crippen LogP contribution in [-0.4, -0.2) is 29.0 Å². The Kier molecular flexibility index (Phi) is 6.11. The van der Waals surface area contributed by atoms with E-state index in [1.54, 1.807) is 17.7 Å². The van der Waals surface area contributed by atoms with Crippen LogP contribution < -0.4 is 10.1 Å². The molecule has 3 aromatic rings. The number of amides is 1. The summed E-state index contributed by atoms with van der Waals surface area (Å²) in [6.07, 6.45) is 4.14. The van der Waals surface area contributed by atoms with E-state index in [-0.39, 0.29) is 5.91 Å². The number of carbonyl (C=O) groups is 1. The summed E-state index contributed by atoms with van der Waals surface area (Å²) in [5.74, 6) is 0.604. The number of pyridine rings is 1. The lowest BCUT2D eigenvalue weighted by molar-refractivity contribution is 0.0950. The molecule has 26 heavy (non-hydrogen) atoms. The maximum Gasteiger partial charge on any atom is 0.270 e. The predicted molar refractivity (Wildman–Crippen MR) is 104 cm³/mol. The number of rotatable bonds is 8. The van der Waals surface area contributed by atoms with Gasteiger partial charge in [-0.15, -0.1) is 11.3 Å². The van der Waals surface area contributed by atoms with E-state index in [0.717, 1.165) is 22.0 Å². The van der Waals surface area contributed by atoms with E-state index in [9.17, 15) is 4.79 Å². The molecule has 3 rings (SSSR count). The summed E-state index contributed by atoms with van der Waals surface area (Å²) < 4.78 is 5.47. The van der Waals surface area contributed by atoms with Gasteiger partial charge in [0.2, 0.25) is 0 Å². The zero-order valence-corrected chi connectivity index (χ0v) is 15.0. The number of hydrogen-bond acceptors (Lipinski definition) is 5. The van der Waals surface area contributed by atoms with Crippen LogP contribution in [0.1, 0.15) is 16.2 Å². The molecular formula is C20H19N3O2S. The van der Waals surface area contributed by atoms with Gasteiger partial charge >= 0.3 is 0 Å². The van der Waals surface area contributed by atoms with Crippen molar-refractivity contribution in [1.29, 1.82) is 0 Å². The highest BCUT2D eigenvalue weighted by molar-refractivity contribution is 7.13. The summed E-state index contributed by atoms with van der Waals surface area (Å²) in [5.41, 5.74) is 2.33. The van der Waals surface area contributed by atoms with Crippen molar-refractivity contribution in [3.63, 3.8) is 0 Å². The topological polar surface area (TPSA) is 64.1 Å². The Labute approximate surface area is 156 Å². The van der Waals surface area contributed by atoms with E-state index >= 15 is 0 Å². The molecule has 5 nitrogen and oxygen atoms in total. The highest BCUT2D eigenvalue weighted by Gasteiger charge is 2.11. The average Bonchev–Trinajstić information content (AvgIpc) is 3.18. The molecule has 2 aromatic heterocycles. The standard InChI is InChI=1S/C20H19N3O2S/c1-2-13-25-17-8-6-15(7-9-17)20-23-18(14-26-20)19(24)22-12-10-16-5-3-4-11-21-16/h2-9,11,14H,1,10,12-13H2,(H,22,24). The van der Waals surface area contributed by atoms with Gasteiger partial charge in [0.1, 0.15) is 23.1 Å². The first-order valence-electron chi connectivity index (χ1n) is 8.24. The minimum Gasteiger partial charge on any atom is -0.490 e. The van der Waals surface area contributed by atoms with E-state index in [2.05, 4.69) is 21.9 Å². The lowest BCUT2D eigenvalue weighted by atomic mass is 10.2. The lowest BCUT2D eigenvalue weighted by Crippen LogP contribution is -2.26. The summed E-state index contributed by atoms with van der Waals surface area (Å²) in [4.78, 5) is 20.9. The summed E-state index contributed by atoms with van der Waals surface area (Å²) in [6, 6.07) is 13.4. The van der Waals surface area contributed by atoms with Crippen LogP contribution in [0, 0.1) is 0 Å². The quantitative estimate of drug-likeness (QED) is 0.618. The highest BCUT2D eigenvalue weighted by atomic mass is 32.1. The van der Waals surface area contributed by atoms with Crippen molar-refractivity contribution in [2.45, 2.75) is 6.42 Å². The van der Waals surface area contributed by atoms with Crippen molar-refractivity contribution in [2.75, 3.05) is 13.2 Å². The number of nitrogens with zero attached hydrogens (tertiary/aromatic N) is 2. The van der Waals surface area contributed by atoms with Crippen LogP contribution in [0.2, 0.25) is 0 Å². The van der Waals surface area contributed by atoms with E-state index in [4.69, 9.17) is 4.74 Å². The number of aromatic nitrogens is 2. The average molecular weight is 365 g/mol. The Bertz CT molecular complexity index is 860. The number of nitrogens with one attached hydrogen (secondary N) is 1. The van der Waals surface area contributed by atoms with Gasteiger partial charge in [0.05, 0.1) is 0 Å². The highest BCUT2D eigenvalue weighted by Crippen LogP contribution is 2.25. The molecule has 6 heteroatoms. The second-order valence-electron chi connectivity index (χ2n) is 5.49. The van der Waals surface area contributed by atoms with Crippen molar-refractivity contribution in [1.82, 2.24) is 15.3 Å². The molecule has 0 aliphatic heterocycles. The van der Waals surface area contributed by atoms with Crippen LogP contribution in [0.5, 0.6) is 5.75 Å². The molecular weight excluding hydrogens is 346 g/mol. The van der Waals surface area contributed by atoms with Crippen molar-refractivity contribution >= 4 is 17.2 Å². The summed E-state index contributed by atoms with van der Waals surface area (Å²) in [5, 5.41) is 5.45. The normalized spacial score (nSPS) is 10.3. The maximum absolute atomic E-state index is 12.2. The first kappa shape index (κ1) is 17.8. The Morgan fingerprint density at radius 3 is 2.81 bits per heavy atom. The lowest BCUT2D eigenvalue weighted by Gasteiger charge is -2.04. The van der Waals surface area contributed by atoms with Crippen LogP contribution in [0.3, 0.4) is 0 Å². The minimum absolute atomic E-state index is 0.172. The molecule has 0 saturated carbocycles. The second-order valence-corrected chi connectivity index (χ2v) is 6.35. The molecule has 0 atom stereocenters. The van der Waals surface area contributed by atoms with Gasteiger partial charge in [-0.1, -0.05) is 18.7 Å². The van der Waals surface area contributed by atoms with E-state index < -0.39 is 0 Å². The van der Waals surface area contributed by atoms with E-state index in [1.165, 1.54) is 11.3 Å². The van der Waals surface area contributed by atoms with Gasteiger partial charge in [-0.25, -0.2) is 4.98 Å². The molecule has 0 unspecified atom stereocenters. The molecule has 1 N–H and O–H groups in total. The van der Waals surface area contributed by atoms with E-state index in [1.807, 2.05) is 42.5 Å². The summed E-state index contributed by atoms with van der Waals surface area (Å²) >= 11 is 1.44. The molecule has 0 saturated heterocycles. The van der Waals surface area contributed by atoms with Crippen LogP contribution in [0.4, 0.5) is 0 Å². The van der Waals surface area contributed by atoms with Crippen molar-refractivity contribution in [2.24, 2.45) is 0 Å². The molecule has 132 valence electrons. The molecule has 0 radical (unpaired) electrons. The zero-order chi connectivity index (χ0) is 18.2. The monoisotopic (exact) mass is 365 g/mol. The van der Waals surface area contributed by atoms with Gasteiger partial charge in [-0.05, 0) is 36.4 Å². The predicted octanol–water partition coefficient (Wildman–Crippen LogP) is 3.74. The maximum atomic E-state index is 12.2. The SMILES string of the molecule is C=CCOc1ccc(-c2nc(C(=O)NCCc3ccccn3)cs2)cc1. The zero-order valence-electron chi connectivity index (χ0n) is 14.2. The molecule has 0 spiro atoms. The molecule has 0 fully saturated rings. The van der Waals surface area contributed by atoms with E-state index in [0.29, 0.717) is 25.3 Å². The van der Waals surface area contributed by atoms with Crippen LogP contribution >= 0.6 is 11.3 Å². The largest absolute Gasteiger partial charge is 0.490 e. The number of carbonyl (C=O) groups excluding carboxylic acids is 1. The van der Waals surface area contributed by atoms with Gasteiger partial charge in [0, 0.05) is 35.8 Å². The Morgan fingerprint density at radius 2 is 2.08 bits per heavy atom. The molecule has 2 heterocycles. The molecule has 0 bridgehead atoms. The third-order valence-electron chi connectivity index (χ3n) is 3.60. The van der Waals surface area contributed by atoms with Crippen LogP contribution in [0.15, 0.2) is 66.7 Å². The third kappa shape index (κ3) is 4.77. The number of benzene rings is 1. The second kappa shape index (κ2) is 8.92. The van der Waals surface area contributed by atoms with Gasteiger partial charge in [0.25, 0.3) is 5.91 Å². The Hall–Kier alpha value is -2.99. The molecule has 0 aliphatic rings. The fourth-order valence-corrected chi connectivity index (χ4v) is 3.11. The van der Waals surface area contributed by atoms with Gasteiger partial charge < -0.3 is 10.1 Å². The minimum atomic E-state index is -0.172. The van der Waals surface area contributed by atoms with Crippen molar-refractivity contribution in [3.05, 3.63) is 78.1 Å². The molecule has 1 amide bonds. The van der Waals surface area contributed by atoms with Crippen molar-refractivity contribution < 1.29 is 9.53 Å². The number of ether oxygens (including phenoxy) is 1. The summed E-state index contributed by atoms with van der Waals surface area (Å²) in [6.45, 7) is 4.62. The third-order valence-corrected chi connectivity index (χ3v) is 4.49. The number of hydrogen-bond donors (Lipinski definition) is 1. The summed E-state index contributed by atoms with van der Waals surface area (Å²) in [7, 11) is 0. The van der Waals surface area contributed by atoms with Crippen LogP contribution in [-0.2, 0) is 6.42 Å². The van der Waals surface area contributed by atoms with Gasteiger partial charge in [-0.2, -0.15) is 0 Å². The fraction of sp³-hybridized carbons (Fsp3) is 0.150. The molecule has 0 aliphatic carbocycles. The van der Waals surface area contributed by atoms with Gasteiger partial charge in [0.15, 0.2) is 0 Å². The van der Waals surface area contributed by atoms with Crippen molar-refractivity contribution in [3.8, 4) is 16.3 Å². The number of thiazole rings is 1. The van der Waals surface area contributed by atoms with Crippen LogP contribution in [0.25, 0.3) is 10.6 Å². The Morgan fingerprint density at radius 1 is 1.23 bits per heavy atom. The molecule has 1 aromatic carbocycles. The fourth-order valence-electron chi connectivity index (χ4n) is 2.30. The van der Waals surface area contributed by atoms with Gasteiger partial charge in [-0.3, -0.25) is 9.78 Å². The first-order chi connectivity index (χ1) is 12.8. The smallest absolute Gasteiger partial charge is 0.270 e. The Balaban J connectivity index is 1.56.